The molecular weight excluding hydrogens is 120 g/mol. The summed E-state index contributed by atoms with van der Waals surface area (Å²) < 4.78 is 0. The Balaban J connectivity index is 2.20. The summed E-state index contributed by atoms with van der Waals surface area (Å²) in [6.07, 6.45) is 4.56. The molecule has 2 bridgehead atoms. The summed E-state index contributed by atoms with van der Waals surface area (Å²) in [5.74, 6) is 3.17. The van der Waals surface area contributed by atoms with Gasteiger partial charge in [0.25, 0.3) is 0 Å². The smallest absolute Gasteiger partial charge is 0.0321 e. The molecule has 0 aliphatic heterocycles. The first kappa shape index (κ1) is 6.69. The van der Waals surface area contributed by atoms with Crippen LogP contribution in [-0.2, 0) is 0 Å². The minimum Gasteiger partial charge on any atom is -0.0622 e. The summed E-state index contributed by atoms with van der Waals surface area (Å²) in [4.78, 5) is 0. The van der Waals surface area contributed by atoms with E-state index in [0.29, 0.717) is 5.41 Å². The van der Waals surface area contributed by atoms with Gasteiger partial charge in [0.15, 0.2) is 0 Å². The summed E-state index contributed by atoms with van der Waals surface area (Å²) in [7, 11) is 0. The summed E-state index contributed by atoms with van der Waals surface area (Å²) in [6, 6.07) is 0. The number of hydrogen-bond acceptors (Lipinski definition) is 0. The lowest BCUT2D eigenvalue weighted by Crippen LogP contribution is -2.25. The Morgan fingerprint density at radius 1 is 1.20 bits per heavy atom. The van der Waals surface area contributed by atoms with Crippen LogP contribution in [0.3, 0.4) is 0 Å². The van der Waals surface area contributed by atoms with E-state index in [2.05, 4.69) is 20.8 Å². The Labute approximate surface area is 64.0 Å². The minimum atomic E-state index is 0.683. The first-order valence-electron chi connectivity index (χ1n) is 4.59. The number of fused-ring (bicyclic) bond motifs is 2. The molecule has 0 N–H and O–H groups in total. The summed E-state index contributed by atoms with van der Waals surface area (Å²) in [5, 5.41) is 0. The quantitative estimate of drug-likeness (QED) is 0.482. The molecule has 2 aliphatic rings. The highest BCUT2D eigenvalue weighted by Gasteiger charge is 2.48. The van der Waals surface area contributed by atoms with Gasteiger partial charge >= 0.3 is 0 Å². The van der Waals surface area contributed by atoms with E-state index in [1.54, 1.807) is 0 Å². The van der Waals surface area contributed by atoms with Crippen molar-refractivity contribution in [2.24, 2.45) is 23.2 Å². The predicted molar refractivity (Wildman–Crippen MR) is 43.8 cm³/mol. The van der Waals surface area contributed by atoms with Crippen LogP contribution in [0.25, 0.3) is 0 Å². The molecule has 0 aromatic rings. The SMILES string of the molecule is CC1CC2CC1C(C)(C)C2. The van der Waals surface area contributed by atoms with Crippen molar-refractivity contribution in [3.63, 3.8) is 0 Å². The van der Waals surface area contributed by atoms with E-state index in [1.165, 1.54) is 19.3 Å². The first-order valence-corrected chi connectivity index (χ1v) is 4.59. The number of hydrogen-bond donors (Lipinski definition) is 0. The van der Waals surface area contributed by atoms with Crippen molar-refractivity contribution in [2.45, 2.75) is 40.0 Å². The van der Waals surface area contributed by atoms with Gasteiger partial charge in [-0.05, 0) is 42.4 Å². The average Bonchev–Trinajstić information content (AvgIpc) is 2.18. The molecule has 0 nitrogen and oxygen atoms in total. The van der Waals surface area contributed by atoms with Crippen LogP contribution in [0, 0.1) is 23.2 Å². The molecule has 2 saturated carbocycles. The van der Waals surface area contributed by atoms with Crippen molar-refractivity contribution < 1.29 is 0 Å². The fourth-order valence-electron chi connectivity index (χ4n) is 3.53. The molecule has 0 heteroatoms. The van der Waals surface area contributed by atoms with Gasteiger partial charge in [0.2, 0.25) is 0 Å². The molecular formula is C10H18. The Morgan fingerprint density at radius 3 is 2.20 bits per heavy atom. The average molecular weight is 138 g/mol. The first-order chi connectivity index (χ1) is 4.59. The van der Waals surface area contributed by atoms with E-state index in [4.69, 9.17) is 0 Å². The predicted octanol–water partition coefficient (Wildman–Crippen LogP) is 3.08. The molecule has 0 heterocycles. The van der Waals surface area contributed by atoms with Crippen LogP contribution in [0.5, 0.6) is 0 Å². The van der Waals surface area contributed by atoms with Crippen molar-refractivity contribution in [3.8, 4) is 0 Å². The second-order valence-electron chi connectivity index (χ2n) is 5.11. The standard InChI is InChI=1S/C10H18/c1-7-4-8-5-9(7)10(2,3)6-8/h7-9H,4-6H2,1-3H3. The molecule has 0 saturated heterocycles. The van der Waals surface area contributed by atoms with Crippen molar-refractivity contribution in [3.05, 3.63) is 0 Å². The zero-order chi connectivity index (χ0) is 7.35. The molecule has 3 atom stereocenters. The lowest BCUT2D eigenvalue weighted by Gasteiger charge is -2.33. The molecule has 2 aliphatic carbocycles. The van der Waals surface area contributed by atoms with Gasteiger partial charge in [0.05, 0.1) is 0 Å². The van der Waals surface area contributed by atoms with Crippen molar-refractivity contribution >= 4 is 0 Å². The van der Waals surface area contributed by atoms with Crippen LogP contribution in [0.4, 0.5) is 0 Å². The summed E-state index contributed by atoms with van der Waals surface area (Å²) in [6.45, 7) is 7.34. The van der Waals surface area contributed by atoms with Gasteiger partial charge in [0.1, 0.15) is 0 Å². The van der Waals surface area contributed by atoms with Crippen LogP contribution in [0.1, 0.15) is 40.0 Å². The van der Waals surface area contributed by atoms with E-state index < -0.39 is 0 Å². The second kappa shape index (κ2) is 1.78. The Morgan fingerprint density at radius 2 is 1.90 bits per heavy atom. The van der Waals surface area contributed by atoms with Gasteiger partial charge in [-0.1, -0.05) is 20.8 Å². The zero-order valence-electron chi connectivity index (χ0n) is 7.35. The van der Waals surface area contributed by atoms with Crippen LogP contribution in [0.15, 0.2) is 0 Å². The zero-order valence-corrected chi connectivity index (χ0v) is 7.35. The molecule has 0 aromatic heterocycles. The fraction of sp³-hybridized carbons (Fsp3) is 1.00. The molecule has 3 unspecified atom stereocenters. The van der Waals surface area contributed by atoms with E-state index in [0.717, 1.165) is 17.8 Å². The molecule has 0 radical (unpaired) electrons. The monoisotopic (exact) mass is 138 g/mol. The summed E-state index contributed by atoms with van der Waals surface area (Å²) in [5.41, 5.74) is 0.683. The third-order valence-electron chi connectivity index (χ3n) is 3.80. The maximum absolute atomic E-state index is 2.45. The highest BCUT2D eigenvalue weighted by Crippen LogP contribution is 2.57. The van der Waals surface area contributed by atoms with E-state index in [1.807, 2.05) is 0 Å². The Kier molecular flexibility index (Phi) is 1.19. The van der Waals surface area contributed by atoms with Gasteiger partial charge < -0.3 is 0 Å². The van der Waals surface area contributed by atoms with Crippen LogP contribution in [-0.4, -0.2) is 0 Å². The topological polar surface area (TPSA) is 0 Å². The van der Waals surface area contributed by atoms with Crippen LogP contribution in [0.2, 0.25) is 0 Å². The lowest BCUT2D eigenvalue weighted by atomic mass is 9.72. The molecule has 0 spiro atoms. The third kappa shape index (κ3) is 0.741. The molecule has 2 rings (SSSR count). The van der Waals surface area contributed by atoms with E-state index in [9.17, 15) is 0 Å². The molecule has 0 aromatic carbocycles. The van der Waals surface area contributed by atoms with Crippen molar-refractivity contribution in [1.29, 1.82) is 0 Å². The van der Waals surface area contributed by atoms with E-state index >= 15 is 0 Å². The highest BCUT2D eigenvalue weighted by molar-refractivity contribution is 4.98. The van der Waals surface area contributed by atoms with Crippen LogP contribution >= 0.6 is 0 Å². The lowest BCUT2D eigenvalue weighted by molar-refractivity contribution is 0.161. The fourth-order valence-corrected chi connectivity index (χ4v) is 3.53. The van der Waals surface area contributed by atoms with Gasteiger partial charge in [0, 0.05) is 0 Å². The summed E-state index contributed by atoms with van der Waals surface area (Å²) >= 11 is 0. The highest BCUT2D eigenvalue weighted by atomic mass is 14.5. The molecule has 10 heavy (non-hydrogen) atoms. The molecule has 0 amide bonds. The van der Waals surface area contributed by atoms with Crippen molar-refractivity contribution in [2.75, 3.05) is 0 Å². The van der Waals surface area contributed by atoms with Gasteiger partial charge in [-0.2, -0.15) is 0 Å². The normalized spacial score (nSPS) is 50.1. The maximum atomic E-state index is 2.45. The second-order valence-corrected chi connectivity index (χ2v) is 5.11. The van der Waals surface area contributed by atoms with Gasteiger partial charge in [-0.3, -0.25) is 0 Å². The number of rotatable bonds is 0. The Bertz CT molecular complexity index is 146. The Hall–Kier alpha value is 0. The maximum Gasteiger partial charge on any atom is -0.0321 e. The van der Waals surface area contributed by atoms with E-state index in [-0.39, 0.29) is 0 Å². The van der Waals surface area contributed by atoms with Crippen LogP contribution < -0.4 is 0 Å². The largest absolute Gasteiger partial charge is 0.0622 e. The third-order valence-corrected chi connectivity index (χ3v) is 3.80. The molecule has 2 fully saturated rings. The van der Waals surface area contributed by atoms with Gasteiger partial charge in [-0.25, -0.2) is 0 Å². The minimum absolute atomic E-state index is 0.683. The van der Waals surface area contributed by atoms with Crippen molar-refractivity contribution in [1.82, 2.24) is 0 Å². The van der Waals surface area contributed by atoms with Gasteiger partial charge in [-0.15, -0.1) is 0 Å². The molecule has 58 valence electrons.